The summed E-state index contributed by atoms with van der Waals surface area (Å²) in [5, 5.41) is 0. The van der Waals surface area contributed by atoms with Gasteiger partial charge in [0.05, 0.1) is 0 Å². The Kier molecular flexibility index (Phi) is 6.27. The maximum absolute atomic E-state index is 12.2. The highest BCUT2D eigenvalue weighted by Gasteiger charge is 2.17. The summed E-state index contributed by atoms with van der Waals surface area (Å²) in [6.07, 6.45) is 0.629. The number of nitrogens with one attached hydrogen (secondary N) is 1. The van der Waals surface area contributed by atoms with Crippen molar-refractivity contribution in [1.82, 2.24) is 4.72 Å². The molecule has 0 fully saturated rings. The Bertz CT molecular complexity index is 900. The lowest BCUT2D eigenvalue weighted by Gasteiger charge is -2.18. The summed E-state index contributed by atoms with van der Waals surface area (Å²) >= 11 is 0. The van der Waals surface area contributed by atoms with E-state index < -0.39 is 10.3 Å². The summed E-state index contributed by atoms with van der Waals surface area (Å²) in [5.41, 5.74) is 3.35. The van der Waals surface area contributed by atoms with Crippen LogP contribution in [0.3, 0.4) is 0 Å². The number of benzene rings is 3. The van der Waals surface area contributed by atoms with Crippen LogP contribution in [-0.2, 0) is 10.3 Å². The van der Waals surface area contributed by atoms with Crippen molar-refractivity contribution in [2.24, 2.45) is 0 Å². The summed E-state index contributed by atoms with van der Waals surface area (Å²) in [6.45, 7) is 2.21. The maximum Gasteiger partial charge on any atom is 0.382 e. The van der Waals surface area contributed by atoms with Gasteiger partial charge < -0.3 is 4.18 Å². The van der Waals surface area contributed by atoms with E-state index >= 15 is 0 Å². The van der Waals surface area contributed by atoms with E-state index in [0.29, 0.717) is 12.2 Å². The first-order valence-electron chi connectivity index (χ1n) is 8.89. The highest BCUT2D eigenvalue weighted by Crippen LogP contribution is 2.27. The van der Waals surface area contributed by atoms with Crippen LogP contribution in [0.15, 0.2) is 84.9 Å². The van der Waals surface area contributed by atoms with Gasteiger partial charge in [0.15, 0.2) is 0 Å². The highest BCUT2D eigenvalue weighted by atomic mass is 32.2. The van der Waals surface area contributed by atoms with Crippen molar-refractivity contribution in [2.75, 3.05) is 6.54 Å². The average Bonchev–Trinajstić information content (AvgIpc) is 2.68. The zero-order chi connectivity index (χ0) is 19.1. The molecule has 0 aromatic heterocycles. The average molecular weight is 381 g/mol. The number of hydrogen-bond donors (Lipinski definition) is 1. The minimum absolute atomic E-state index is 0.106. The maximum atomic E-state index is 12.2. The molecule has 0 aliphatic heterocycles. The first kappa shape index (κ1) is 19.1. The third-order valence-corrected chi connectivity index (χ3v) is 5.31. The van der Waals surface area contributed by atoms with E-state index in [-0.39, 0.29) is 12.5 Å². The van der Waals surface area contributed by atoms with Crippen LogP contribution in [0.4, 0.5) is 0 Å². The van der Waals surface area contributed by atoms with Crippen LogP contribution in [0.1, 0.15) is 29.0 Å². The van der Waals surface area contributed by atoms with Crippen LogP contribution in [0.2, 0.25) is 0 Å². The van der Waals surface area contributed by atoms with Gasteiger partial charge in [0, 0.05) is 12.5 Å². The Balaban J connectivity index is 1.66. The Labute approximate surface area is 161 Å². The predicted octanol–water partition coefficient (Wildman–Crippen LogP) is 4.43. The van der Waals surface area contributed by atoms with E-state index in [0.717, 1.165) is 16.7 Å². The second-order valence-corrected chi connectivity index (χ2v) is 7.77. The first-order chi connectivity index (χ1) is 13.0. The van der Waals surface area contributed by atoms with Gasteiger partial charge >= 0.3 is 10.3 Å². The Morgan fingerprint density at radius 1 is 0.815 bits per heavy atom. The van der Waals surface area contributed by atoms with E-state index in [2.05, 4.69) is 29.0 Å². The van der Waals surface area contributed by atoms with Gasteiger partial charge in [0.2, 0.25) is 0 Å². The van der Waals surface area contributed by atoms with Crippen LogP contribution in [-0.4, -0.2) is 15.0 Å². The monoisotopic (exact) mass is 381 g/mol. The fourth-order valence-electron chi connectivity index (χ4n) is 2.97. The molecule has 0 aliphatic carbocycles. The second-order valence-electron chi connectivity index (χ2n) is 6.41. The predicted molar refractivity (Wildman–Crippen MR) is 108 cm³/mol. The summed E-state index contributed by atoms with van der Waals surface area (Å²) in [7, 11) is -3.86. The smallest absolute Gasteiger partial charge is 0.371 e. The molecule has 140 valence electrons. The third kappa shape index (κ3) is 5.67. The Morgan fingerprint density at radius 2 is 1.33 bits per heavy atom. The van der Waals surface area contributed by atoms with Crippen LogP contribution >= 0.6 is 0 Å². The lowest BCUT2D eigenvalue weighted by molar-refractivity contribution is 0.469. The first-order valence-corrected chi connectivity index (χ1v) is 10.3. The molecule has 3 rings (SSSR count). The molecular formula is C22H23NO3S. The normalized spacial score (nSPS) is 11.5. The molecule has 0 heterocycles. The molecule has 0 bridgehead atoms. The van der Waals surface area contributed by atoms with Gasteiger partial charge in [-0.05, 0) is 36.6 Å². The van der Waals surface area contributed by atoms with Crippen molar-refractivity contribution in [3.63, 3.8) is 0 Å². The van der Waals surface area contributed by atoms with Gasteiger partial charge in [0.25, 0.3) is 0 Å². The van der Waals surface area contributed by atoms with Crippen molar-refractivity contribution in [3.05, 3.63) is 102 Å². The third-order valence-electron chi connectivity index (χ3n) is 4.34. The zero-order valence-electron chi connectivity index (χ0n) is 15.2. The van der Waals surface area contributed by atoms with Gasteiger partial charge in [-0.1, -0.05) is 78.4 Å². The highest BCUT2D eigenvalue weighted by molar-refractivity contribution is 7.85. The topological polar surface area (TPSA) is 55.4 Å². The molecule has 1 N–H and O–H groups in total. The number of aryl methyl sites for hydroxylation is 1. The van der Waals surface area contributed by atoms with Gasteiger partial charge in [-0.15, -0.1) is 0 Å². The van der Waals surface area contributed by atoms with Crippen LogP contribution < -0.4 is 8.91 Å². The van der Waals surface area contributed by atoms with Gasteiger partial charge in [-0.2, -0.15) is 13.1 Å². The van der Waals surface area contributed by atoms with Crippen molar-refractivity contribution in [1.29, 1.82) is 0 Å². The molecule has 0 atom stereocenters. The molecule has 0 saturated carbocycles. The molecular weight excluding hydrogens is 358 g/mol. The largest absolute Gasteiger partial charge is 0.382 e. The molecule has 27 heavy (non-hydrogen) atoms. The minimum atomic E-state index is -3.86. The van der Waals surface area contributed by atoms with Crippen molar-refractivity contribution in [3.8, 4) is 5.75 Å². The van der Waals surface area contributed by atoms with Crippen molar-refractivity contribution >= 4 is 10.3 Å². The molecule has 0 saturated heterocycles. The molecule has 0 aliphatic rings. The fraction of sp³-hybridized carbons (Fsp3) is 0.182. The standard InChI is InChI=1S/C22H23NO3S/c1-18-12-14-21(15-13-18)26-27(24,25)23-17-16-22(19-8-4-2-5-9-19)20-10-6-3-7-11-20/h2-15,22-23H,16-17H2,1H3. The van der Waals surface area contributed by atoms with Crippen LogP contribution in [0, 0.1) is 6.92 Å². The molecule has 0 spiro atoms. The van der Waals surface area contributed by atoms with E-state index in [4.69, 9.17) is 4.18 Å². The molecule has 4 nitrogen and oxygen atoms in total. The Morgan fingerprint density at radius 3 is 1.85 bits per heavy atom. The summed E-state index contributed by atoms with van der Waals surface area (Å²) < 4.78 is 32.1. The molecule has 3 aromatic carbocycles. The van der Waals surface area contributed by atoms with E-state index in [1.54, 1.807) is 12.1 Å². The lowest BCUT2D eigenvalue weighted by atomic mass is 9.89. The van der Waals surface area contributed by atoms with Gasteiger partial charge in [-0.3, -0.25) is 0 Å². The SMILES string of the molecule is Cc1ccc(OS(=O)(=O)NCCC(c2ccccc2)c2ccccc2)cc1. The number of hydrogen-bond acceptors (Lipinski definition) is 3. The van der Waals surface area contributed by atoms with E-state index in [1.807, 2.05) is 55.5 Å². The molecule has 3 aromatic rings. The lowest BCUT2D eigenvalue weighted by Crippen LogP contribution is -2.30. The summed E-state index contributed by atoms with van der Waals surface area (Å²) in [5.74, 6) is 0.408. The van der Waals surface area contributed by atoms with Crippen LogP contribution in [0.5, 0.6) is 5.75 Å². The fourth-order valence-corrected chi connectivity index (χ4v) is 3.77. The van der Waals surface area contributed by atoms with Crippen molar-refractivity contribution in [2.45, 2.75) is 19.3 Å². The van der Waals surface area contributed by atoms with Crippen molar-refractivity contribution < 1.29 is 12.6 Å². The van der Waals surface area contributed by atoms with E-state index in [9.17, 15) is 8.42 Å². The van der Waals surface area contributed by atoms with Gasteiger partial charge in [-0.25, -0.2) is 0 Å². The zero-order valence-corrected chi connectivity index (χ0v) is 16.0. The molecule has 0 unspecified atom stereocenters. The molecule has 0 amide bonds. The Hall–Kier alpha value is -2.63. The molecule has 0 radical (unpaired) electrons. The molecule has 5 heteroatoms. The number of rotatable bonds is 8. The van der Waals surface area contributed by atoms with E-state index in [1.165, 1.54) is 0 Å². The quantitative estimate of drug-likeness (QED) is 0.628. The summed E-state index contributed by atoms with van der Waals surface area (Å²) in [6, 6.07) is 27.1. The summed E-state index contributed by atoms with van der Waals surface area (Å²) in [4.78, 5) is 0. The second kappa shape index (κ2) is 8.84. The van der Waals surface area contributed by atoms with Gasteiger partial charge in [0.1, 0.15) is 5.75 Å². The van der Waals surface area contributed by atoms with Crippen LogP contribution in [0.25, 0.3) is 0 Å². The minimum Gasteiger partial charge on any atom is -0.371 e.